The van der Waals surface area contributed by atoms with E-state index in [-0.39, 0.29) is 0 Å². The summed E-state index contributed by atoms with van der Waals surface area (Å²) >= 11 is 5.97. The molecule has 0 aliphatic rings. The summed E-state index contributed by atoms with van der Waals surface area (Å²) in [5.74, 6) is 0. The summed E-state index contributed by atoms with van der Waals surface area (Å²) in [6.45, 7) is 0.420. The number of pyridine rings is 1. The van der Waals surface area contributed by atoms with Crippen molar-refractivity contribution in [3.05, 3.63) is 101 Å². The molecule has 0 fully saturated rings. The third kappa shape index (κ3) is 4.18. The topological polar surface area (TPSA) is 34.5 Å². The van der Waals surface area contributed by atoms with Crippen LogP contribution in [0.4, 0.5) is 0 Å². The lowest BCUT2D eigenvalue weighted by atomic mass is 10.0. The SMILES string of the molecule is Clc1ccc(/C(=N\OCc2ccccc2)c2ccncc2)cc1. The zero-order valence-corrected chi connectivity index (χ0v) is 13.1. The van der Waals surface area contributed by atoms with Crippen LogP contribution in [0, 0.1) is 0 Å². The molecular formula is C19H15ClN2O. The summed E-state index contributed by atoms with van der Waals surface area (Å²) in [4.78, 5) is 9.60. The molecule has 0 N–H and O–H groups in total. The van der Waals surface area contributed by atoms with Gasteiger partial charge >= 0.3 is 0 Å². The maximum atomic E-state index is 5.97. The molecular weight excluding hydrogens is 308 g/mol. The Hall–Kier alpha value is -2.65. The summed E-state index contributed by atoms with van der Waals surface area (Å²) < 4.78 is 0. The normalized spacial score (nSPS) is 11.3. The van der Waals surface area contributed by atoms with E-state index in [1.54, 1.807) is 12.4 Å². The van der Waals surface area contributed by atoms with Crippen LogP contribution >= 0.6 is 11.6 Å². The van der Waals surface area contributed by atoms with E-state index in [2.05, 4.69) is 10.1 Å². The van der Waals surface area contributed by atoms with Gasteiger partial charge in [0.05, 0.1) is 0 Å². The fraction of sp³-hybridized carbons (Fsp3) is 0.0526. The van der Waals surface area contributed by atoms with E-state index >= 15 is 0 Å². The minimum atomic E-state index is 0.420. The highest BCUT2D eigenvalue weighted by Crippen LogP contribution is 2.15. The standard InChI is InChI=1S/C19H15ClN2O/c20-18-8-6-16(7-9-18)19(17-10-12-21-13-11-17)22-23-14-15-4-2-1-3-5-15/h1-13H,14H2/b22-19+. The lowest BCUT2D eigenvalue weighted by Gasteiger charge is -2.07. The van der Waals surface area contributed by atoms with Crippen molar-refractivity contribution >= 4 is 17.3 Å². The summed E-state index contributed by atoms with van der Waals surface area (Å²) in [7, 11) is 0. The van der Waals surface area contributed by atoms with Gasteiger partial charge in [-0.25, -0.2) is 0 Å². The highest BCUT2D eigenvalue weighted by Gasteiger charge is 2.08. The maximum Gasteiger partial charge on any atom is 0.142 e. The van der Waals surface area contributed by atoms with Crippen molar-refractivity contribution < 1.29 is 4.84 Å². The minimum Gasteiger partial charge on any atom is -0.390 e. The van der Waals surface area contributed by atoms with Gasteiger partial charge in [0.2, 0.25) is 0 Å². The molecule has 0 saturated carbocycles. The smallest absolute Gasteiger partial charge is 0.142 e. The fourth-order valence-electron chi connectivity index (χ4n) is 2.14. The summed E-state index contributed by atoms with van der Waals surface area (Å²) in [6, 6.07) is 21.3. The van der Waals surface area contributed by atoms with Gasteiger partial charge in [-0.1, -0.05) is 59.2 Å². The van der Waals surface area contributed by atoms with Crippen LogP contribution in [0.25, 0.3) is 0 Å². The molecule has 0 radical (unpaired) electrons. The second-order valence-corrected chi connectivity index (χ2v) is 5.38. The Labute approximate surface area is 140 Å². The van der Waals surface area contributed by atoms with Gasteiger partial charge in [-0.15, -0.1) is 0 Å². The van der Waals surface area contributed by atoms with Gasteiger partial charge in [-0.2, -0.15) is 0 Å². The van der Waals surface area contributed by atoms with Gasteiger partial charge in [0.15, 0.2) is 0 Å². The Kier molecular flexibility index (Phi) is 5.02. The van der Waals surface area contributed by atoms with Crippen LogP contribution in [0.3, 0.4) is 0 Å². The molecule has 3 nitrogen and oxygen atoms in total. The highest BCUT2D eigenvalue weighted by molar-refractivity contribution is 6.30. The number of hydrogen-bond donors (Lipinski definition) is 0. The van der Waals surface area contributed by atoms with Gasteiger partial charge < -0.3 is 4.84 Å². The number of nitrogens with zero attached hydrogens (tertiary/aromatic N) is 2. The summed E-state index contributed by atoms with van der Waals surface area (Å²) in [5.41, 5.74) is 3.70. The van der Waals surface area contributed by atoms with Crippen molar-refractivity contribution in [1.82, 2.24) is 4.98 Å². The van der Waals surface area contributed by atoms with E-state index in [4.69, 9.17) is 16.4 Å². The monoisotopic (exact) mass is 322 g/mol. The van der Waals surface area contributed by atoms with Crippen LogP contribution in [0.1, 0.15) is 16.7 Å². The number of halogens is 1. The van der Waals surface area contributed by atoms with E-state index in [9.17, 15) is 0 Å². The van der Waals surface area contributed by atoms with Crippen molar-refractivity contribution in [3.63, 3.8) is 0 Å². The number of aromatic nitrogens is 1. The van der Waals surface area contributed by atoms with Gasteiger partial charge in [0.25, 0.3) is 0 Å². The Morgan fingerprint density at radius 1 is 0.870 bits per heavy atom. The fourth-order valence-corrected chi connectivity index (χ4v) is 2.26. The molecule has 0 aliphatic carbocycles. The quantitative estimate of drug-likeness (QED) is 0.504. The Morgan fingerprint density at radius 2 is 1.52 bits per heavy atom. The Balaban J connectivity index is 1.86. The molecule has 1 heterocycles. The lowest BCUT2D eigenvalue weighted by Crippen LogP contribution is -2.04. The van der Waals surface area contributed by atoms with Crippen molar-refractivity contribution in [2.75, 3.05) is 0 Å². The summed E-state index contributed by atoms with van der Waals surface area (Å²) in [5, 5.41) is 5.02. The molecule has 0 bridgehead atoms. The molecule has 3 rings (SSSR count). The first-order chi connectivity index (χ1) is 11.3. The molecule has 4 heteroatoms. The molecule has 0 saturated heterocycles. The average molecular weight is 323 g/mol. The molecule has 3 aromatic rings. The first-order valence-electron chi connectivity index (χ1n) is 7.23. The first kappa shape index (κ1) is 15.3. The predicted octanol–water partition coefficient (Wildman–Crippen LogP) is 4.70. The predicted molar refractivity (Wildman–Crippen MR) is 92.6 cm³/mol. The van der Waals surface area contributed by atoms with Crippen LogP contribution in [0.2, 0.25) is 5.02 Å². The van der Waals surface area contributed by atoms with Crippen molar-refractivity contribution in [2.24, 2.45) is 5.16 Å². The number of hydrogen-bond acceptors (Lipinski definition) is 3. The number of rotatable bonds is 5. The molecule has 23 heavy (non-hydrogen) atoms. The van der Waals surface area contributed by atoms with Gasteiger partial charge in [0.1, 0.15) is 12.3 Å². The van der Waals surface area contributed by atoms with Crippen LogP contribution in [0.5, 0.6) is 0 Å². The molecule has 0 spiro atoms. The van der Waals surface area contributed by atoms with E-state index in [0.29, 0.717) is 11.6 Å². The van der Waals surface area contributed by atoms with Gasteiger partial charge in [-0.05, 0) is 29.8 Å². The van der Waals surface area contributed by atoms with Crippen LogP contribution in [-0.4, -0.2) is 10.7 Å². The average Bonchev–Trinajstić information content (AvgIpc) is 2.61. The van der Waals surface area contributed by atoms with Crippen LogP contribution in [0.15, 0.2) is 84.3 Å². The van der Waals surface area contributed by atoms with E-state index < -0.39 is 0 Å². The lowest BCUT2D eigenvalue weighted by molar-refractivity contribution is 0.131. The minimum absolute atomic E-state index is 0.420. The van der Waals surface area contributed by atoms with E-state index in [0.717, 1.165) is 22.4 Å². The first-order valence-corrected chi connectivity index (χ1v) is 7.61. The molecule has 0 atom stereocenters. The third-order valence-corrected chi connectivity index (χ3v) is 3.55. The van der Waals surface area contributed by atoms with Crippen LogP contribution in [-0.2, 0) is 11.4 Å². The maximum absolute atomic E-state index is 5.97. The van der Waals surface area contributed by atoms with Gasteiger partial charge in [-0.3, -0.25) is 4.98 Å². The molecule has 0 amide bonds. The zero-order chi connectivity index (χ0) is 15.9. The second kappa shape index (κ2) is 7.56. The van der Waals surface area contributed by atoms with Crippen molar-refractivity contribution in [1.29, 1.82) is 0 Å². The zero-order valence-electron chi connectivity index (χ0n) is 12.4. The molecule has 0 unspecified atom stereocenters. The van der Waals surface area contributed by atoms with Crippen molar-refractivity contribution in [3.8, 4) is 0 Å². The van der Waals surface area contributed by atoms with Crippen LogP contribution < -0.4 is 0 Å². The molecule has 0 aliphatic heterocycles. The molecule has 114 valence electrons. The number of benzene rings is 2. The second-order valence-electron chi connectivity index (χ2n) is 4.94. The number of oxime groups is 1. The summed E-state index contributed by atoms with van der Waals surface area (Å²) in [6.07, 6.45) is 3.47. The Bertz CT molecular complexity index is 771. The molecule has 2 aromatic carbocycles. The highest BCUT2D eigenvalue weighted by atomic mass is 35.5. The Morgan fingerprint density at radius 3 is 2.22 bits per heavy atom. The largest absolute Gasteiger partial charge is 0.390 e. The van der Waals surface area contributed by atoms with Crippen molar-refractivity contribution in [2.45, 2.75) is 6.61 Å². The van der Waals surface area contributed by atoms with E-state index in [1.165, 1.54) is 0 Å². The van der Waals surface area contributed by atoms with E-state index in [1.807, 2.05) is 66.7 Å². The van der Waals surface area contributed by atoms with Gasteiger partial charge in [0, 0.05) is 28.5 Å². The third-order valence-electron chi connectivity index (χ3n) is 3.30. The molecule has 1 aromatic heterocycles.